The molecule has 1 saturated heterocycles. The standard InChI is InChI=1S/C15H22N2O2S/c1-11-7-12(2)10-17(9-11)20(18,19)14-3-4-15-13(8-14)5-6-16-15/h3-4,8,11-12,16H,5-7,9-10H2,1-2H3. The van der Waals surface area contributed by atoms with E-state index in [1.165, 1.54) is 0 Å². The highest BCUT2D eigenvalue weighted by Gasteiger charge is 2.32. The summed E-state index contributed by atoms with van der Waals surface area (Å²) in [5.41, 5.74) is 2.19. The van der Waals surface area contributed by atoms with E-state index >= 15 is 0 Å². The van der Waals surface area contributed by atoms with Crippen LogP contribution < -0.4 is 5.32 Å². The van der Waals surface area contributed by atoms with Crippen molar-refractivity contribution in [1.82, 2.24) is 4.31 Å². The van der Waals surface area contributed by atoms with Crippen molar-refractivity contribution >= 4 is 15.7 Å². The van der Waals surface area contributed by atoms with Gasteiger partial charge in [0, 0.05) is 25.3 Å². The number of hydrogen-bond donors (Lipinski definition) is 1. The van der Waals surface area contributed by atoms with Gasteiger partial charge < -0.3 is 5.32 Å². The number of sulfonamides is 1. The third kappa shape index (κ3) is 2.44. The molecule has 5 heteroatoms. The largest absolute Gasteiger partial charge is 0.384 e. The molecule has 0 bridgehead atoms. The fraction of sp³-hybridized carbons (Fsp3) is 0.600. The van der Waals surface area contributed by atoms with Crippen molar-refractivity contribution in [1.29, 1.82) is 0 Å². The number of piperidine rings is 1. The van der Waals surface area contributed by atoms with E-state index in [0.29, 0.717) is 29.8 Å². The molecule has 2 atom stereocenters. The van der Waals surface area contributed by atoms with Gasteiger partial charge in [0.05, 0.1) is 4.90 Å². The van der Waals surface area contributed by atoms with Crippen LogP contribution in [0.4, 0.5) is 5.69 Å². The average molecular weight is 294 g/mol. The highest BCUT2D eigenvalue weighted by Crippen LogP contribution is 2.30. The number of nitrogens with zero attached hydrogens (tertiary/aromatic N) is 1. The van der Waals surface area contributed by atoms with Crippen LogP contribution in [0.2, 0.25) is 0 Å². The second kappa shape index (κ2) is 5.04. The molecule has 0 aliphatic carbocycles. The van der Waals surface area contributed by atoms with Gasteiger partial charge in [0.15, 0.2) is 0 Å². The van der Waals surface area contributed by atoms with Gasteiger partial charge in [-0.2, -0.15) is 4.31 Å². The SMILES string of the molecule is CC1CC(C)CN(S(=O)(=O)c2ccc3c(c2)CCN3)C1. The third-order valence-electron chi connectivity index (χ3n) is 4.26. The molecule has 0 aromatic heterocycles. The molecule has 2 unspecified atom stereocenters. The zero-order valence-corrected chi connectivity index (χ0v) is 12.9. The fourth-order valence-electron chi connectivity index (χ4n) is 3.39. The molecule has 0 spiro atoms. The Morgan fingerprint density at radius 1 is 1.20 bits per heavy atom. The first kappa shape index (κ1) is 13.9. The molecule has 2 aliphatic rings. The van der Waals surface area contributed by atoms with E-state index in [2.05, 4.69) is 19.2 Å². The lowest BCUT2D eigenvalue weighted by Crippen LogP contribution is -2.42. The predicted molar refractivity (Wildman–Crippen MR) is 80.3 cm³/mol. The minimum atomic E-state index is -3.34. The van der Waals surface area contributed by atoms with Crippen molar-refractivity contribution in [3.8, 4) is 0 Å². The molecular formula is C15H22N2O2S. The van der Waals surface area contributed by atoms with Crippen molar-refractivity contribution in [3.05, 3.63) is 23.8 Å². The van der Waals surface area contributed by atoms with E-state index in [0.717, 1.165) is 30.6 Å². The number of nitrogens with one attached hydrogen (secondary N) is 1. The molecule has 1 aromatic carbocycles. The van der Waals surface area contributed by atoms with Crippen molar-refractivity contribution in [2.75, 3.05) is 25.0 Å². The number of hydrogen-bond acceptors (Lipinski definition) is 3. The van der Waals surface area contributed by atoms with Gasteiger partial charge in [-0.1, -0.05) is 13.8 Å². The minimum absolute atomic E-state index is 0.435. The normalized spacial score (nSPS) is 27.1. The lowest BCUT2D eigenvalue weighted by molar-refractivity contribution is 0.222. The molecular weight excluding hydrogens is 272 g/mol. The Bertz CT molecular complexity index is 602. The van der Waals surface area contributed by atoms with E-state index in [1.54, 1.807) is 10.4 Å². The third-order valence-corrected chi connectivity index (χ3v) is 6.09. The summed E-state index contributed by atoms with van der Waals surface area (Å²) >= 11 is 0. The van der Waals surface area contributed by atoms with Gasteiger partial charge in [-0.15, -0.1) is 0 Å². The monoisotopic (exact) mass is 294 g/mol. The van der Waals surface area contributed by atoms with E-state index in [1.807, 2.05) is 12.1 Å². The Labute approximate surface area is 121 Å². The zero-order valence-electron chi connectivity index (χ0n) is 12.1. The first-order valence-corrected chi connectivity index (χ1v) is 8.78. The summed E-state index contributed by atoms with van der Waals surface area (Å²) in [6.07, 6.45) is 2.02. The van der Waals surface area contributed by atoms with Crippen LogP contribution >= 0.6 is 0 Å². The number of anilines is 1. The molecule has 4 nitrogen and oxygen atoms in total. The van der Waals surface area contributed by atoms with Crippen molar-refractivity contribution in [3.63, 3.8) is 0 Å². The maximum atomic E-state index is 12.8. The predicted octanol–water partition coefficient (Wildman–Crippen LogP) is 2.32. The lowest BCUT2D eigenvalue weighted by atomic mass is 9.94. The molecule has 20 heavy (non-hydrogen) atoms. The van der Waals surface area contributed by atoms with Crippen LogP contribution in [0.15, 0.2) is 23.1 Å². The molecule has 0 radical (unpaired) electrons. The van der Waals surface area contributed by atoms with Crippen LogP contribution in [0.1, 0.15) is 25.8 Å². The smallest absolute Gasteiger partial charge is 0.243 e. The Morgan fingerprint density at radius 2 is 1.90 bits per heavy atom. The van der Waals surface area contributed by atoms with Crippen LogP contribution in [-0.2, 0) is 16.4 Å². The lowest BCUT2D eigenvalue weighted by Gasteiger charge is -2.34. The van der Waals surface area contributed by atoms with Crippen LogP contribution in [-0.4, -0.2) is 32.4 Å². The highest BCUT2D eigenvalue weighted by molar-refractivity contribution is 7.89. The summed E-state index contributed by atoms with van der Waals surface area (Å²) in [7, 11) is -3.34. The molecule has 0 amide bonds. The van der Waals surface area contributed by atoms with E-state index in [-0.39, 0.29) is 0 Å². The molecule has 1 N–H and O–H groups in total. The topological polar surface area (TPSA) is 49.4 Å². The highest BCUT2D eigenvalue weighted by atomic mass is 32.2. The summed E-state index contributed by atoms with van der Waals surface area (Å²) < 4.78 is 27.2. The summed E-state index contributed by atoms with van der Waals surface area (Å²) in [4.78, 5) is 0.446. The van der Waals surface area contributed by atoms with Crippen molar-refractivity contribution < 1.29 is 8.42 Å². The van der Waals surface area contributed by atoms with Crippen LogP contribution in [0, 0.1) is 11.8 Å². The van der Waals surface area contributed by atoms with E-state index in [4.69, 9.17) is 0 Å². The average Bonchev–Trinajstić information content (AvgIpc) is 2.84. The van der Waals surface area contributed by atoms with Gasteiger partial charge in [-0.05, 0) is 48.4 Å². The van der Waals surface area contributed by atoms with Gasteiger partial charge in [-0.25, -0.2) is 8.42 Å². The van der Waals surface area contributed by atoms with Crippen LogP contribution in [0.5, 0.6) is 0 Å². The molecule has 2 heterocycles. The Kier molecular flexibility index (Phi) is 3.50. The minimum Gasteiger partial charge on any atom is -0.384 e. The first-order valence-electron chi connectivity index (χ1n) is 7.34. The van der Waals surface area contributed by atoms with Crippen molar-refractivity contribution in [2.45, 2.75) is 31.6 Å². The molecule has 0 saturated carbocycles. The van der Waals surface area contributed by atoms with Gasteiger partial charge in [0.1, 0.15) is 0 Å². The fourth-order valence-corrected chi connectivity index (χ4v) is 5.12. The summed E-state index contributed by atoms with van der Waals surface area (Å²) in [6, 6.07) is 5.47. The maximum absolute atomic E-state index is 12.8. The zero-order chi connectivity index (χ0) is 14.3. The Balaban J connectivity index is 1.91. The number of benzene rings is 1. The summed E-state index contributed by atoms with van der Waals surface area (Å²) in [6.45, 7) is 6.44. The van der Waals surface area contributed by atoms with Gasteiger partial charge in [0.2, 0.25) is 10.0 Å². The quantitative estimate of drug-likeness (QED) is 0.910. The van der Waals surface area contributed by atoms with Gasteiger partial charge in [0.25, 0.3) is 0 Å². The number of rotatable bonds is 2. The van der Waals surface area contributed by atoms with E-state index in [9.17, 15) is 8.42 Å². The molecule has 2 aliphatic heterocycles. The van der Waals surface area contributed by atoms with E-state index < -0.39 is 10.0 Å². The second-order valence-corrected chi connectivity index (χ2v) is 8.20. The van der Waals surface area contributed by atoms with Gasteiger partial charge >= 0.3 is 0 Å². The molecule has 1 aromatic rings. The summed E-state index contributed by atoms with van der Waals surface area (Å²) in [5.74, 6) is 0.870. The van der Waals surface area contributed by atoms with Crippen LogP contribution in [0.25, 0.3) is 0 Å². The molecule has 3 rings (SSSR count). The van der Waals surface area contributed by atoms with Crippen LogP contribution in [0.3, 0.4) is 0 Å². The Hall–Kier alpha value is -1.07. The second-order valence-electron chi connectivity index (χ2n) is 6.26. The summed E-state index contributed by atoms with van der Waals surface area (Å²) in [5, 5.41) is 3.26. The van der Waals surface area contributed by atoms with Gasteiger partial charge in [-0.3, -0.25) is 0 Å². The number of fused-ring (bicyclic) bond motifs is 1. The Morgan fingerprint density at radius 3 is 2.60 bits per heavy atom. The molecule has 110 valence electrons. The first-order chi connectivity index (χ1) is 9.46. The van der Waals surface area contributed by atoms with Crippen molar-refractivity contribution in [2.24, 2.45) is 11.8 Å². The molecule has 1 fully saturated rings. The maximum Gasteiger partial charge on any atom is 0.243 e.